The minimum Gasteiger partial charge on any atom is -0.493 e. The summed E-state index contributed by atoms with van der Waals surface area (Å²) in [6.45, 7) is 6.42. The van der Waals surface area contributed by atoms with E-state index in [1.54, 1.807) is 24.3 Å². The molecule has 0 fully saturated rings. The zero-order valence-electron chi connectivity index (χ0n) is 17.7. The monoisotopic (exact) mass is 411 g/mol. The number of anilines is 1. The molecule has 7 nitrogen and oxygen atoms in total. The van der Waals surface area contributed by atoms with Crippen LogP contribution in [0.15, 0.2) is 42.5 Å². The second-order valence-electron chi connectivity index (χ2n) is 7.07. The molecule has 0 heterocycles. The van der Waals surface area contributed by atoms with Crippen molar-refractivity contribution in [1.82, 2.24) is 10.9 Å². The molecular formula is C23H29N3O4. The van der Waals surface area contributed by atoms with E-state index in [0.717, 1.165) is 29.7 Å². The summed E-state index contributed by atoms with van der Waals surface area (Å²) in [6, 6.07) is 12.6. The minimum absolute atomic E-state index is 0.00576. The number of amides is 3. The van der Waals surface area contributed by atoms with Crippen molar-refractivity contribution in [3.05, 3.63) is 59.2 Å². The number of hydrogen-bond donors (Lipinski definition) is 3. The highest BCUT2D eigenvalue weighted by molar-refractivity contribution is 5.98. The summed E-state index contributed by atoms with van der Waals surface area (Å²) in [5.41, 5.74) is 7.76. The van der Waals surface area contributed by atoms with E-state index < -0.39 is 11.8 Å². The van der Waals surface area contributed by atoms with Crippen LogP contribution in [0.5, 0.6) is 5.75 Å². The number of benzene rings is 2. The van der Waals surface area contributed by atoms with Crippen molar-refractivity contribution in [2.45, 2.75) is 46.5 Å². The van der Waals surface area contributed by atoms with E-state index in [2.05, 4.69) is 23.1 Å². The summed E-state index contributed by atoms with van der Waals surface area (Å²) in [7, 11) is 0. The first-order valence-corrected chi connectivity index (χ1v) is 10.1. The number of aryl methyl sites for hydroxylation is 2. The first kappa shape index (κ1) is 22.9. The summed E-state index contributed by atoms with van der Waals surface area (Å²) >= 11 is 0. The summed E-state index contributed by atoms with van der Waals surface area (Å²) in [4.78, 5) is 36.5. The van der Waals surface area contributed by atoms with E-state index in [1.165, 1.54) is 0 Å². The van der Waals surface area contributed by atoms with E-state index in [4.69, 9.17) is 4.74 Å². The number of unbranched alkanes of at least 4 members (excludes halogenated alkanes) is 1. The van der Waals surface area contributed by atoms with Crippen LogP contribution in [0, 0.1) is 13.8 Å². The maximum atomic E-state index is 12.4. The number of nitrogens with one attached hydrogen (secondary N) is 3. The summed E-state index contributed by atoms with van der Waals surface area (Å²) in [5.74, 6) is -0.732. The molecule has 30 heavy (non-hydrogen) atoms. The zero-order chi connectivity index (χ0) is 21.9. The average Bonchev–Trinajstić information content (AvgIpc) is 2.73. The van der Waals surface area contributed by atoms with Gasteiger partial charge in [0, 0.05) is 18.5 Å². The van der Waals surface area contributed by atoms with Gasteiger partial charge in [-0.3, -0.25) is 25.2 Å². The van der Waals surface area contributed by atoms with Crippen LogP contribution < -0.4 is 20.9 Å². The molecule has 0 saturated carbocycles. The van der Waals surface area contributed by atoms with Crippen molar-refractivity contribution in [1.29, 1.82) is 0 Å². The maximum absolute atomic E-state index is 12.4. The van der Waals surface area contributed by atoms with Crippen molar-refractivity contribution >= 4 is 23.4 Å². The second-order valence-corrected chi connectivity index (χ2v) is 7.07. The molecule has 3 amide bonds. The average molecular weight is 412 g/mol. The van der Waals surface area contributed by atoms with E-state index in [0.29, 0.717) is 17.9 Å². The van der Waals surface area contributed by atoms with Crippen LogP contribution in [-0.2, 0) is 9.59 Å². The van der Waals surface area contributed by atoms with Gasteiger partial charge in [-0.1, -0.05) is 37.6 Å². The van der Waals surface area contributed by atoms with E-state index >= 15 is 0 Å². The fraction of sp³-hybridized carbons (Fsp3) is 0.348. The molecule has 0 saturated heterocycles. The highest BCUT2D eigenvalue weighted by Gasteiger charge is 2.14. The minimum atomic E-state index is -0.477. The van der Waals surface area contributed by atoms with Crippen LogP contribution in [0.3, 0.4) is 0 Å². The third kappa shape index (κ3) is 7.24. The molecule has 3 N–H and O–H groups in total. The number of ether oxygens (including phenoxy) is 1. The number of hydrogen-bond acceptors (Lipinski definition) is 4. The molecule has 0 aliphatic rings. The Bertz CT molecular complexity index is 896. The molecule has 0 unspecified atom stereocenters. The standard InChI is InChI=1S/C23H29N3O4/c1-4-5-14-30-20-9-7-6-8-18(20)23(29)26-25-22(28)13-12-21(27)24-19-15-16(2)10-11-17(19)3/h6-11,15H,4-5,12-14H2,1-3H3,(H,24,27)(H,25,28)(H,26,29). The van der Waals surface area contributed by atoms with Gasteiger partial charge in [-0.05, 0) is 49.6 Å². The molecule has 7 heteroatoms. The van der Waals surface area contributed by atoms with Gasteiger partial charge in [0.15, 0.2) is 0 Å². The van der Waals surface area contributed by atoms with Gasteiger partial charge in [0.2, 0.25) is 11.8 Å². The Labute approximate surface area is 177 Å². The molecule has 160 valence electrons. The zero-order valence-corrected chi connectivity index (χ0v) is 17.7. The first-order chi connectivity index (χ1) is 14.4. The summed E-state index contributed by atoms with van der Waals surface area (Å²) in [6.07, 6.45) is 1.83. The molecule has 0 atom stereocenters. The number of hydrazine groups is 1. The summed E-state index contributed by atoms with van der Waals surface area (Å²) < 4.78 is 5.63. The first-order valence-electron chi connectivity index (χ1n) is 10.1. The predicted molar refractivity (Wildman–Crippen MR) is 116 cm³/mol. The quantitative estimate of drug-likeness (QED) is 0.433. The molecule has 0 aromatic heterocycles. The lowest BCUT2D eigenvalue weighted by Gasteiger charge is -2.12. The number of carbonyl (C=O) groups is 3. The molecule has 2 rings (SSSR count). The van der Waals surface area contributed by atoms with Crippen molar-refractivity contribution < 1.29 is 19.1 Å². The summed E-state index contributed by atoms with van der Waals surface area (Å²) in [5, 5.41) is 2.81. The second kappa shape index (κ2) is 11.6. The normalized spacial score (nSPS) is 10.2. The smallest absolute Gasteiger partial charge is 0.273 e. The lowest BCUT2D eigenvalue weighted by Crippen LogP contribution is -2.42. The van der Waals surface area contributed by atoms with E-state index in [9.17, 15) is 14.4 Å². The van der Waals surface area contributed by atoms with Gasteiger partial charge in [0.05, 0.1) is 12.2 Å². The van der Waals surface area contributed by atoms with Crippen LogP contribution in [0.25, 0.3) is 0 Å². The molecule has 2 aromatic rings. The van der Waals surface area contributed by atoms with Crippen LogP contribution in [0.4, 0.5) is 5.69 Å². The van der Waals surface area contributed by atoms with Gasteiger partial charge in [-0.2, -0.15) is 0 Å². The Balaban J connectivity index is 1.80. The Hall–Kier alpha value is -3.35. The van der Waals surface area contributed by atoms with Crippen molar-refractivity contribution in [2.24, 2.45) is 0 Å². The van der Waals surface area contributed by atoms with E-state index in [-0.39, 0.29) is 18.7 Å². The Morgan fingerprint density at radius 1 is 0.933 bits per heavy atom. The Morgan fingerprint density at radius 2 is 1.67 bits per heavy atom. The fourth-order valence-electron chi connectivity index (χ4n) is 2.67. The van der Waals surface area contributed by atoms with Gasteiger partial charge < -0.3 is 10.1 Å². The molecular weight excluding hydrogens is 382 g/mol. The van der Waals surface area contributed by atoms with Gasteiger partial charge in [-0.15, -0.1) is 0 Å². The van der Waals surface area contributed by atoms with Crippen molar-refractivity contribution in [3.8, 4) is 5.75 Å². The van der Waals surface area contributed by atoms with Gasteiger partial charge >= 0.3 is 0 Å². The lowest BCUT2D eigenvalue weighted by molar-refractivity contribution is -0.124. The number of para-hydroxylation sites is 1. The van der Waals surface area contributed by atoms with Crippen LogP contribution >= 0.6 is 0 Å². The predicted octanol–water partition coefficient (Wildman–Crippen LogP) is 3.66. The number of rotatable bonds is 9. The molecule has 0 aliphatic heterocycles. The third-order valence-corrected chi connectivity index (χ3v) is 4.45. The van der Waals surface area contributed by atoms with Crippen LogP contribution in [-0.4, -0.2) is 24.3 Å². The fourth-order valence-corrected chi connectivity index (χ4v) is 2.67. The Morgan fingerprint density at radius 3 is 2.43 bits per heavy atom. The SMILES string of the molecule is CCCCOc1ccccc1C(=O)NNC(=O)CCC(=O)Nc1cc(C)ccc1C. The van der Waals surface area contributed by atoms with Gasteiger partial charge in [0.25, 0.3) is 5.91 Å². The van der Waals surface area contributed by atoms with E-state index in [1.807, 2.05) is 32.0 Å². The topological polar surface area (TPSA) is 96.5 Å². The third-order valence-electron chi connectivity index (χ3n) is 4.45. The molecule has 0 radical (unpaired) electrons. The maximum Gasteiger partial charge on any atom is 0.273 e. The van der Waals surface area contributed by atoms with Gasteiger partial charge in [0.1, 0.15) is 5.75 Å². The van der Waals surface area contributed by atoms with Crippen molar-refractivity contribution in [2.75, 3.05) is 11.9 Å². The molecule has 0 aliphatic carbocycles. The highest BCUT2D eigenvalue weighted by atomic mass is 16.5. The lowest BCUT2D eigenvalue weighted by atomic mass is 10.1. The van der Waals surface area contributed by atoms with Crippen molar-refractivity contribution in [3.63, 3.8) is 0 Å². The molecule has 0 spiro atoms. The number of carbonyl (C=O) groups excluding carboxylic acids is 3. The largest absolute Gasteiger partial charge is 0.493 e. The molecule has 0 bridgehead atoms. The van der Waals surface area contributed by atoms with Crippen LogP contribution in [0.2, 0.25) is 0 Å². The highest BCUT2D eigenvalue weighted by Crippen LogP contribution is 2.18. The van der Waals surface area contributed by atoms with Crippen LogP contribution in [0.1, 0.15) is 54.1 Å². The molecule has 2 aromatic carbocycles. The van der Waals surface area contributed by atoms with Gasteiger partial charge in [-0.25, -0.2) is 0 Å². The Kier molecular flexibility index (Phi) is 8.87.